The fourth-order valence-corrected chi connectivity index (χ4v) is 5.05. The Labute approximate surface area is 199 Å². The molecule has 174 valence electrons. The molecule has 2 aromatic rings. The Morgan fingerprint density at radius 2 is 1.71 bits per heavy atom. The Morgan fingerprint density at radius 1 is 1.03 bits per heavy atom. The third kappa shape index (κ3) is 3.54. The van der Waals surface area contributed by atoms with Crippen molar-refractivity contribution in [1.82, 2.24) is 4.90 Å². The highest BCUT2D eigenvalue weighted by molar-refractivity contribution is 5.81. The van der Waals surface area contributed by atoms with Gasteiger partial charge in [-0.1, -0.05) is 30.3 Å². The molecule has 1 saturated heterocycles. The first kappa shape index (κ1) is 23.2. The van der Waals surface area contributed by atoms with Gasteiger partial charge in [-0.2, -0.15) is 10.5 Å². The maximum absolute atomic E-state index is 13.6. The standard InChI is InChI=1S/C27H27N3O4/c1-26(2,3)34-25(31)23-22(18-10-11-20(32-4)21(14-18)33-5)27(15-28,16-29)24-19-9-7-6-8-17(19)12-13-30(23)24/h6-14,22-24H,1-5H3/t22-,23+,24-/m0/s1. The molecule has 7 heteroatoms. The van der Waals surface area contributed by atoms with E-state index in [2.05, 4.69) is 12.1 Å². The van der Waals surface area contributed by atoms with Crippen molar-refractivity contribution >= 4 is 12.0 Å². The maximum Gasteiger partial charge on any atom is 0.330 e. The number of nitrogens with zero attached hydrogens (tertiary/aromatic N) is 3. The van der Waals surface area contributed by atoms with Crippen LogP contribution in [-0.2, 0) is 9.53 Å². The lowest BCUT2D eigenvalue weighted by Crippen LogP contribution is -2.41. The molecule has 0 aromatic heterocycles. The number of methoxy groups -OCH3 is 2. The molecule has 2 aliphatic rings. The molecule has 34 heavy (non-hydrogen) atoms. The minimum atomic E-state index is -1.57. The Kier molecular flexibility index (Phi) is 5.75. The largest absolute Gasteiger partial charge is 0.493 e. The van der Waals surface area contributed by atoms with Gasteiger partial charge in [0.15, 0.2) is 16.9 Å². The summed E-state index contributed by atoms with van der Waals surface area (Å²) in [6.07, 6.45) is 3.70. The van der Waals surface area contributed by atoms with Crippen LogP contribution in [0, 0.1) is 28.1 Å². The van der Waals surface area contributed by atoms with Crippen molar-refractivity contribution in [3.63, 3.8) is 0 Å². The fourth-order valence-electron chi connectivity index (χ4n) is 5.05. The second kappa shape index (κ2) is 8.43. The molecule has 7 nitrogen and oxygen atoms in total. The number of hydrogen-bond acceptors (Lipinski definition) is 7. The van der Waals surface area contributed by atoms with Crippen LogP contribution in [0.3, 0.4) is 0 Å². The first-order chi connectivity index (χ1) is 16.2. The van der Waals surface area contributed by atoms with Gasteiger partial charge in [0.05, 0.1) is 32.4 Å². The van der Waals surface area contributed by atoms with Gasteiger partial charge in [0.2, 0.25) is 0 Å². The van der Waals surface area contributed by atoms with E-state index in [1.807, 2.05) is 35.2 Å². The minimum absolute atomic E-state index is 0.452. The lowest BCUT2D eigenvalue weighted by Gasteiger charge is -2.34. The molecule has 0 bridgehead atoms. The van der Waals surface area contributed by atoms with Gasteiger partial charge in [-0.05, 0) is 55.7 Å². The van der Waals surface area contributed by atoms with Gasteiger partial charge in [-0.25, -0.2) is 4.79 Å². The Bertz CT molecular complexity index is 1220. The summed E-state index contributed by atoms with van der Waals surface area (Å²) in [7, 11) is 3.05. The normalized spacial score (nSPS) is 22.1. The molecule has 1 fully saturated rings. The Hall–Kier alpha value is -3.97. The number of ether oxygens (including phenoxy) is 3. The monoisotopic (exact) mass is 457 g/mol. The van der Waals surface area contributed by atoms with Gasteiger partial charge in [-0.3, -0.25) is 0 Å². The van der Waals surface area contributed by atoms with Crippen LogP contribution in [-0.4, -0.2) is 36.7 Å². The number of carbonyl (C=O) groups excluding carboxylic acids is 1. The summed E-state index contributed by atoms with van der Waals surface area (Å²) in [6, 6.07) is 15.9. The molecule has 0 amide bonds. The van der Waals surface area contributed by atoms with Gasteiger partial charge in [0, 0.05) is 12.1 Å². The van der Waals surface area contributed by atoms with E-state index in [1.165, 1.54) is 14.2 Å². The Morgan fingerprint density at radius 3 is 2.32 bits per heavy atom. The van der Waals surface area contributed by atoms with Crippen molar-refractivity contribution in [1.29, 1.82) is 10.5 Å². The summed E-state index contributed by atoms with van der Waals surface area (Å²) in [5.41, 5.74) is 0.0506. The number of esters is 1. The van der Waals surface area contributed by atoms with Crippen LogP contribution in [0.15, 0.2) is 48.7 Å². The number of hydrogen-bond donors (Lipinski definition) is 0. The zero-order chi connectivity index (χ0) is 24.7. The van der Waals surface area contributed by atoms with Crippen molar-refractivity contribution in [3.05, 3.63) is 65.4 Å². The molecule has 2 aromatic carbocycles. The van der Waals surface area contributed by atoms with Crippen molar-refractivity contribution in [2.75, 3.05) is 14.2 Å². The van der Waals surface area contributed by atoms with E-state index in [0.717, 1.165) is 11.1 Å². The SMILES string of the molecule is COc1ccc([C@H]2[C@H](C(=O)OC(C)(C)C)N3C=Cc4ccccc4[C@H]3C2(C#N)C#N)cc1OC. The molecule has 0 saturated carbocycles. The van der Waals surface area contributed by atoms with Crippen LogP contribution in [0.25, 0.3) is 6.08 Å². The van der Waals surface area contributed by atoms with Crippen LogP contribution >= 0.6 is 0 Å². The van der Waals surface area contributed by atoms with Gasteiger partial charge < -0.3 is 19.1 Å². The average Bonchev–Trinajstić information content (AvgIpc) is 3.13. The summed E-state index contributed by atoms with van der Waals surface area (Å²) < 4.78 is 16.7. The summed E-state index contributed by atoms with van der Waals surface area (Å²) >= 11 is 0. The summed E-state index contributed by atoms with van der Waals surface area (Å²) in [5, 5.41) is 21.1. The second-order valence-corrected chi connectivity index (χ2v) is 9.46. The molecular formula is C27H27N3O4. The highest BCUT2D eigenvalue weighted by Crippen LogP contribution is 2.60. The molecular weight excluding hydrogens is 430 g/mol. The minimum Gasteiger partial charge on any atom is -0.493 e. The highest BCUT2D eigenvalue weighted by Gasteiger charge is 2.64. The zero-order valence-corrected chi connectivity index (χ0v) is 19.9. The number of rotatable bonds is 4. The second-order valence-electron chi connectivity index (χ2n) is 9.46. The molecule has 0 unspecified atom stereocenters. The molecule has 0 N–H and O–H groups in total. The van der Waals surface area contributed by atoms with Crippen LogP contribution in [0.2, 0.25) is 0 Å². The Balaban J connectivity index is 1.98. The molecule has 0 radical (unpaired) electrons. The summed E-state index contributed by atoms with van der Waals surface area (Å²) in [5.74, 6) is -0.333. The van der Waals surface area contributed by atoms with Crippen LogP contribution in [0.4, 0.5) is 0 Å². The zero-order valence-electron chi connectivity index (χ0n) is 19.9. The van der Waals surface area contributed by atoms with Crippen molar-refractivity contribution in [2.45, 2.75) is 44.4 Å². The summed E-state index contributed by atoms with van der Waals surface area (Å²) in [4.78, 5) is 15.4. The predicted molar refractivity (Wildman–Crippen MR) is 126 cm³/mol. The molecule has 3 atom stereocenters. The van der Waals surface area contributed by atoms with E-state index in [1.54, 1.807) is 45.2 Å². The smallest absolute Gasteiger partial charge is 0.330 e. The lowest BCUT2D eigenvalue weighted by molar-refractivity contribution is -0.160. The summed E-state index contributed by atoms with van der Waals surface area (Å²) in [6.45, 7) is 5.39. The highest BCUT2D eigenvalue weighted by atomic mass is 16.6. The third-order valence-corrected chi connectivity index (χ3v) is 6.36. The van der Waals surface area contributed by atoms with E-state index in [-0.39, 0.29) is 0 Å². The van der Waals surface area contributed by atoms with Crippen LogP contribution < -0.4 is 9.47 Å². The molecule has 4 rings (SSSR count). The van der Waals surface area contributed by atoms with E-state index in [0.29, 0.717) is 17.1 Å². The van der Waals surface area contributed by atoms with E-state index < -0.39 is 35.0 Å². The topological polar surface area (TPSA) is 95.6 Å². The average molecular weight is 458 g/mol. The molecule has 2 aliphatic heterocycles. The van der Waals surface area contributed by atoms with Crippen LogP contribution in [0.5, 0.6) is 11.5 Å². The first-order valence-electron chi connectivity index (χ1n) is 11.0. The van der Waals surface area contributed by atoms with E-state index >= 15 is 0 Å². The number of carbonyl (C=O) groups is 1. The third-order valence-electron chi connectivity index (χ3n) is 6.36. The van der Waals surface area contributed by atoms with Gasteiger partial charge >= 0.3 is 5.97 Å². The lowest BCUT2D eigenvalue weighted by atomic mass is 9.68. The van der Waals surface area contributed by atoms with Crippen LogP contribution in [0.1, 0.15) is 49.4 Å². The molecule has 0 spiro atoms. The van der Waals surface area contributed by atoms with E-state index in [4.69, 9.17) is 14.2 Å². The van der Waals surface area contributed by atoms with Crippen molar-refractivity contribution < 1.29 is 19.0 Å². The van der Waals surface area contributed by atoms with Crippen molar-refractivity contribution in [3.8, 4) is 23.6 Å². The number of benzene rings is 2. The number of fused-ring (bicyclic) bond motifs is 3. The maximum atomic E-state index is 13.6. The first-order valence-corrected chi connectivity index (χ1v) is 11.0. The van der Waals surface area contributed by atoms with Gasteiger partial charge in [0.25, 0.3) is 0 Å². The molecule has 0 aliphatic carbocycles. The quantitative estimate of drug-likeness (QED) is 0.621. The van der Waals surface area contributed by atoms with Crippen molar-refractivity contribution in [2.24, 2.45) is 5.41 Å². The van der Waals surface area contributed by atoms with Gasteiger partial charge in [-0.15, -0.1) is 0 Å². The number of nitriles is 2. The fraction of sp³-hybridized carbons (Fsp3) is 0.370. The predicted octanol–water partition coefficient (Wildman–Crippen LogP) is 4.57. The molecule has 2 heterocycles. The van der Waals surface area contributed by atoms with E-state index in [9.17, 15) is 15.3 Å². The van der Waals surface area contributed by atoms with Gasteiger partial charge in [0.1, 0.15) is 11.6 Å².